The molecule has 8 heteroatoms. The Morgan fingerprint density at radius 1 is 1.44 bits per heavy atom. The number of nitrogens with zero attached hydrogens (tertiary/aromatic N) is 1. The van der Waals surface area contributed by atoms with Gasteiger partial charge in [0.05, 0.1) is 17.2 Å². The average Bonchev–Trinajstić information content (AvgIpc) is 2.67. The van der Waals surface area contributed by atoms with E-state index in [0.29, 0.717) is 18.5 Å². The van der Waals surface area contributed by atoms with Crippen LogP contribution >= 0.6 is 0 Å². The number of sulfone groups is 1. The van der Waals surface area contributed by atoms with E-state index in [4.69, 9.17) is 4.52 Å². The highest BCUT2D eigenvalue weighted by Gasteiger charge is 2.24. The Bertz CT molecular complexity index is 523. The minimum atomic E-state index is -2.91. The molecule has 0 saturated carbocycles. The van der Waals surface area contributed by atoms with Crippen molar-refractivity contribution in [3.8, 4) is 0 Å². The maximum atomic E-state index is 11.6. The summed E-state index contributed by atoms with van der Waals surface area (Å²) >= 11 is 0. The molecule has 2 N–H and O–H groups in total. The van der Waals surface area contributed by atoms with Gasteiger partial charge in [0.15, 0.2) is 0 Å². The van der Waals surface area contributed by atoms with Crippen LogP contribution in [0.5, 0.6) is 0 Å². The van der Waals surface area contributed by atoms with Gasteiger partial charge in [-0.2, -0.15) is 0 Å². The molecule has 0 atom stereocenters. The van der Waals surface area contributed by atoms with Gasteiger partial charge in [-0.25, -0.2) is 13.2 Å². The smallest absolute Gasteiger partial charge is 0.321 e. The zero-order valence-electron chi connectivity index (χ0n) is 9.97. The third-order valence-electron chi connectivity index (χ3n) is 2.75. The SMILES string of the molecule is Cc1cc(NC(=O)NC2CCS(=O)(=O)CC2)on1. The molecule has 100 valence electrons. The molecule has 0 radical (unpaired) electrons. The minimum absolute atomic E-state index is 0.113. The van der Waals surface area contributed by atoms with Crippen molar-refractivity contribution in [2.24, 2.45) is 0 Å². The molecule has 2 rings (SSSR count). The first-order chi connectivity index (χ1) is 8.44. The van der Waals surface area contributed by atoms with Crippen molar-refractivity contribution in [3.05, 3.63) is 11.8 Å². The molecule has 1 saturated heterocycles. The fraction of sp³-hybridized carbons (Fsp3) is 0.600. The Labute approximate surface area is 105 Å². The third kappa shape index (κ3) is 3.46. The molecule has 0 bridgehead atoms. The molecule has 0 unspecified atom stereocenters. The van der Waals surface area contributed by atoms with E-state index in [9.17, 15) is 13.2 Å². The molecular formula is C10H15N3O4S. The molecule has 1 aliphatic heterocycles. The fourth-order valence-electron chi connectivity index (χ4n) is 1.79. The van der Waals surface area contributed by atoms with Crippen LogP contribution in [0, 0.1) is 6.92 Å². The molecule has 1 aromatic heterocycles. The molecule has 2 amide bonds. The third-order valence-corrected chi connectivity index (χ3v) is 4.47. The number of aryl methyl sites for hydroxylation is 1. The van der Waals surface area contributed by atoms with E-state index in [-0.39, 0.29) is 23.4 Å². The molecule has 18 heavy (non-hydrogen) atoms. The molecule has 7 nitrogen and oxygen atoms in total. The number of carbonyl (C=O) groups is 1. The van der Waals surface area contributed by atoms with Crippen LogP contribution in [0.2, 0.25) is 0 Å². The van der Waals surface area contributed by atoms with Crippen molar-refractivity contribution < 1.29 is 17.7 Å². The van der Waals surface area contributed by atoms with Crippen LogP contribution in [0.25, 0.3) is 0 Å². The first kappa shape index (κ1) is 12.9. The van der Waals surface area contributed by atoms with Crippen molar-refractivity contribution in [3.63, 3.8) is 0 Å². The summed E-state index contributed by atoms with van der Waals surface area (Å²) in [5, 5.41) is 8.85. The summed E-state index contributed by atoms with van der Waals surface area (Å²) in [7, 11) is -2.91. The zero-order chi connectivity index (χ0) is 13.2. The molecule has 1 fully saturated rings. The molecule has 0 aromatic carbocycles. The Hall–Kier alpha value is -1.57. The lowest BCUT2D eigenvalue weighted by Crippen LogP contribution is -2.42. The zero-order valence-corrected chi connectivity index (χ0v) is 10.8. The number of anilines is 1. The van der Waals surface area contributed by atoms with Crippen molar-refractivity contribution in [1.29, 1.82) is 0 Å². The van der Waals surface area contributed by atoms with E-state index in [1.165, 1.54) is 0 Å². The van der Waals surface area contributed by atoms with E-state index >= 15 is 0 Å². The van der Waals surface area contributed by atoms with Crippen LogP contribution < -0.4 is 10.6 Å². The lowest BCUT2D eigenvalue weighted by atomic mass is 10.2. The topological polar surface area (TPSA) is 101 Å². The summed E-state index contributed by atoms with van der Waals surface area (Å²) in [6, 6.07) is 1.08. The number of nitrogens with one attached hydrogen (secondary N) is 2. The highest BCUT2D eigenvalue weighted by atomic mass is 32.2. The lowest BCUT2D eigenvalue weighted by Gasteiger charge is -2.22. The van der Waals surface area contributed by atoms with E-state index < -0.39 is 15.9 Å². The Kier molecular flexibility index (Phi) is 3.55. The predicted octanol–water partition coefficient (Wildman–Crippen LogP) is 0.682. The average molecular weight is 273 g/mol. The van der Waals surface area contributed by atoms with Gasteiger partial charge in [-0.15, -0.1) is 0 Å². The second-order valence-corrected chi connectivity index (χ2v) is 6.66. The first-order valence-electron chi connectivity index (χ1n) is 5.66. The van der Waals surface area contributed by atoms with Gasteiger partial charge in [0, 0.05) is 12.1 Å². The Morgan fingerprint density at radius 2 is 2.11 bits per heavy atom. The quantitative estimate of drug-likeness (QED) is 0.825. The normalized spacial score (nSPS) is 19.4. The number of carbonyl (C=O) groups excluding carboxylic acids is 1. The molecule has 1 aliphatic rings. The van der Waals surface area contributed by atoms with Gasteiger partial charge in [-0.3, -0.25) is 5.32 Å². The molecule has 0 aliphatic carbocycles. The lowest BCUT2D eigenvalue weighted by molar-refractivity contribution is 0.246. The van der Waals surface area contributed by atoms with Crippen molar-refractivity contribution >= 4 is 21.8 Å². The van der Waals surface area contributed by atoms with Crippen LogP contribution in [-0.4, -0.2) is 37.2 Å². The summed E-state index contributed by atoms with van der Waals surface area (Å²) in [4.78, 5) is 11.6. The highest BCUT2D eigenvalue weighted by Crippen LogP contribution is 2.13. The maximum Gasteiger partial charge on any atom is 0.321 e. The van der Waals surface area contributed by atoms with Crippen LogP contribution in [0.1, 0.15) is 18.5 Å². The summed E-state index contributed by atoms with van der Waals surface area (Å²) in [6.45, 7) is 1.75. The van der Waals surface area contributed by atoms with Gasteiger partial charge in [0.25, 0.3) is 0 Å². The van der Waals surface area contributed by atoms with Gasteiger partial charge in [-0.1, -0.05) is 5.16 Å². The number of amides is 2. The predicted molar refractivity (Wildman–Crippen MR) is 65.1 cm³/mol. The number of hydrogen-bond acceptors (Lipinski definition) is 5. The summed E-state index contributed by atoms with van der Waals surface area (Å²) < 4.78 is 27.3. The van der Waals surface area contributed by atoms with Crippen LogP contribution in [0.3, 0.4) is 0 Å². The Morgan fingerprint density at radius 3 is 2.67 bits per heavy atom. The van der Waals surface area contributed by atoms with E-state index in [0.717, 1.165) is 0 Å². The van der Waals surface area contributed by atoms with Crippen LogP contribution in [-0.2, 0) is 9.84 Å². The monoisotopic (exact) mass is 273 g/mol. The second kappa shape index (κ2) is 4.97. The highest BCUT2D eigenvalue weighted by molar-refractivity contribution is 7.91. The number of urea groups is 1. The largest absolute Gasteiger partial charge is 0.338 e. The Balaban J connectivity index is 1.82. The second-order valence-electron chi connectivity index (χ2n) is 4.36. The van der Waals surface area contributed by atoms with E-state index in [1.54, 1.807) is 13.0 Å². The molecular weight excluding hydrogens is 258 g/mol. The van der Waals surface area contributed by atoms with Crippen molar-refractivity contribution in [2.45, 2.75) is 25.8 Å². The molecule has 1 aromatic rings. The summed E-state index contributed by atoms with van der Waals surface area (Å²) in [6.07, 6.45) is 0.899. The van der Waals surface area contributed by atoms with Gasteiger partial charge < -0.3 is 9.84 Å². The number of hydrogen-bond donors (Lipinski definition) is 2. The van der Waals surface area contributed by atoms with Gasteiger partial charge in [-0.05, 0) is 19.8 Å². The van der Waals surface area contributed by atoms with Gasteiger partial charge in [0.1, 0.15) is 9.84 Å². The van der Waals surface area contributed by atoms with Gasteiger partial charge >= 0.3 is 6.03 Å². The fourth-order valence-corrected chi connectivity index (χ4v) is 3.28. The molecule has 0 spiro atoms. The number of aromatic nitrogens is 1. The van der Waals surface area contributed by atoms with Gasteiger partial charge in [0.2, 0.25) is 5.88 Å². The van der Waals surface area contributed by atoms with Crippen molar-refractivity contribution in [1.82, 2.24) is 10.5 Å². The maximum absolute atomic E-state index is 11.6. The van der Waals surface area contributed by atoms with Crippen LogP contribution in [0.4, 0.5) is 10.7 Å². The minimum Gasteiger partial charge on any atom is -0.338 e. The van der Waals surface area contributed by atoms with Crippen LogP contribution in [0.15, 0.2) is 10.6 Å². The van der Waals surface area contributed by atoms with E-state index in [1.807, 2.05) is 0 Å². The first-order valence-corrected chi connectivity index (χ1v) is 7.48. The van der Waals surface area contributed by atoms with E-state index in [2.05, 4.69) is 15.8 Å². The molecule has 2 heterocycles. The standard InChI is InChI=1S/C10H15N3O4S/c1-7-6-9(17-13-7)12-10(14)11-8-2-4-18(15,16)5-3-8/h6,8H,2-5H2,1H3,(H2,11,12,14). The summed E-state index contributed by atoms with van der Waals surface area (Å²) in [5.41, 5.74) is 0.675. The van der Waals surface area contributed by atoms with Crippen molar-refractivity contribution in [2.75, 3.05) is 16.8 Å². The number of rotatable bonds is 2. The summed E-state index contributed by atoms with van der Waals surface area (Å²) in [5.74, 6) is 0.520.